The maximum absolute atomic E-state index is 4.89. The van der Waals surface area contributed by atoms with Gasteiger partial charge in [-0.05, 0) is 38.5 Å². The lowest BCUT2D eigenvalue weighted by molar-refractivity contribution is -0.908. The minimum atomic E-state index is 0.673. The molecule has 26 heavy (non-hydrogen) atoms. The molecule has 0 radical (unpaired) electrons. The van der Waals surface area contributed by atoms with Crippen molar-refractivity contribution in [2.45, 2.75) is 39.7 Å². The van der Waals surface area contributed by atoms with Crippen molar-refractivity contribution in [2.24, 2.45) is 0 Å². The van der Waals surface area contributed by atoms with Crippen molar-refractivity contribution in [3.63, 3.8) is 0 Å². The molecule has 1 unspecified atom stereocenters. The molecule has 1 saturated heterocycles. The molecule has 3 aromatic rings. The third-order valence-electron chi connectivity index (χ3n) is 5.55. The second-order valence-corrected chi connectivity index (χ2v) is 8.29. The Balaban J connectivity index is 1.71. The summed E-state index contributed by atoms with van der Waals surface area (Å²) in [5.41, 5.74) is 2.25. The van der Waals surface area contributed by atoms with E-state index in [1.165, 1.54) is 41.8 Å². The Morgan fingerprint density at radius 2 is 2.19 bits per heavy atom. The highest BCUT2D eigenvalue weighted by molar-refractivity contribution is 7.18. The van der Waals surface area contributed by atoms with Crippen molar-refractivity contribution >= 4 is 27.4 Å². The summed E-state index contributed by atoms with van der Waals surface area (Å²) in [4.78, 5) is 18.0. The molecule has 6 heteroatoms. The number of rotatable bonds is 5. The number of anilines is 1. The standard InChI is InChI=1S/C20H25N5S/c1-4-25-10-6-8-16(25)12-22-19-17-13(2)14(3)26-20(17)24-18(23-19)15-7-5-9-21-11-15/h5,7,9,11,16H,4,6,8,10,12H2,1-3H3,(H,22,23,24)/p+1/t16-/m1/s1. The molecule has 4 heterocycles. The van der Waals surface area contributed by atoms with E-state index in [0.717, 1.165) is 28.6 Å². The van der Waals surface area contributed by atoms with Crippen LogP contribution in [-0.4, -0.2) is 40.6 Å². The SMILES string of the molecule is CC[NH+]1CCC[C@@H]1CNc1nc(-c2cccnc2)nc2sc(C)c(C)c12. The predicted molar refractivity (Wildman–Crippen MR) is 108 cm³/mol. The van der Waals surface area contributed by atoms with Gasteiger partial charge >= 0.3 is 0 Å². The van der Waals surface area contributed by atoms with E-state index in [0.29, 0.717) is 6.04 Å². The fourth-order valence-electron chi connectivity index (χ4n) is 3.92. The number of thiophene rings is 1. The lowest BCUT2D eigenvalue weighted by atomic mass is 10.2. The number of pyridine rings is 1. The van der Waals surface area contributed by atoms with E-state index < -0.39 is 0 Å². The zero-order valence-corrected chi connectivity index (χ0v) is 16.5. The average molecular weight is 369 g/mol. The van der Waals surface area contributed by atoms with E-state index in [9.17, 15) is 0 Å². The fraction of sp³-hybridized carbons (Fsp3) is 0.450. The zero-order valence-electron chi connectivity index (χ0n) is 15.7. The van der Waals surface area contributed by atoms with Gasteiger partial charge in [0.25, 0.3) is 0 Å². The number of quaternary nitrogens is 1. The van der Waals surface area contributed by atoms with Gasteiger partial charge in [-0.15, -0.1) is 11.3 Å². The number of aromatic nitrogens is 3. The molecule has 4 rings (SSSR count). The molecule has 0 amide bonds. The van der Waals surface area contributed by atoms with Crippen molar-refractivity contribution in [3.8, 4) is 11.4 Å². The monoisotopic (exact) mass is 368 g/mol. The molecule has 136 valence electrons. The first kappa shape index (κ1) is 17.4. The molecule has 3 aromatic heterocycles. The molecule has 0 spiro atoms. The quantitative estimate of drug-likeness (QED) is 0.727. The van der Waals surface area contributed by atoms with Gasteiger partial charge in [0, 0.05) is 35.7 Å². The second-order valence-electron chi connectivity index (χ2n) is 7.08. The van der Waals surface area contributed by atoms with E-state index in [1.54, 1.807) is 22.4 Å². The van der Waals surface area contributed by atoms with Gasteiger partial charge in [-0.1, -0.05) is 0 Å². The van der Waals surface area contributed by atoms with Gasteiger partial charge in [-0.2, -0.15) is 0 Å². The van der Waals surface area contributed by atoms with Crippen molar-refractivity contribution < 1.29 is 4.90 Å². The smallest absolute Gasteiger partial charge is 0.164 e. The molecule has 2 N–H and O–H groups in total. The first-order valence-electron chi connectivity index (χ1n) is 9.44. The lowest BCUT2D eigenvalue weighted by Crippen LogP contribution is -3.14. The van der Waals surface area contributed by atoms with Gasteiger partial charge in [-0.25, -0.2) is 9.97 Å². The Morgan fingerprint density at radius 1 is 1.31 bits per heavy atom. The highest BCUT2D eigenvalue weighted by Crippen LogP contribution is 2.34. The van der Waals surface area contributed by atoms with Crippen LogP contribution in [-0.2, 0) is 0 Å². The molecule has 0 bridgehead atoms. The molecule has 2 atom stereocenters. The Morgan fingerprint density at radius 3 is 2.96 bits per heavy atom. The molecule has 1 aliphatic rings. The van der Waals surface area contributed by atoms with Gasteiger partial charge in [0.15, 0.2) is 5.82 Å². The summed E-state index contributed by atoms with van der Waals surface area (Å²) in [6, 6.07) is 4.62. The van der Waals surface area contributed by atoms with Crippen LogP contribution in [0.15, 0.2) is 24.5 Å². The van der Waals surface area contributed by atoms with Crippen LogP contribution in [0.2, 0.25) is 0 Å². The molecule has 5 nitrogen and oxygen atoms in total. The van der Waals surface area contributed by atoms with Gasteiger partial charge in [-0.3, -0.25) is 4.98 Å². The van der Waals surface area contributed by atoms with Crippen LogP contribution in [0.1, 0.15) is 30.2 Å². The fourth-order valence-corrected chi connectivity index (χ4v) is 4.95. The van der Waals surface area contributed by atoms with Crippen LogP contribution in [0.3, 0.4) is 0 Å². The number of likely N-dealkylation sites (tertiary alicyclic amines) is 1. The van der Waals surface area contributed by atoms with Crippen molar-refractivity contribution in [2.75, 3.05) is 25.0 Å². The van der Waals surface area contributed by atoms with Gasteiger partial charge in [0.1, 0.15) is 16.7 Å². The van der Waals surface area contributed by atoms with Crippen LogP contribution in [0.25, 0.3) is 21.6 Å². The number of fused-ring (bicyclic) bond motifs is 1. The molecule has 0 aromatic carbocycles. The van der Waals surface area contributed by atoms with E-state index >= 15 is 0 Å². The number of nitrogens with one attached hydrogen (secondary N) is 2. The Labute approximate surface area is 158 Å². The second kappa shape index (κ2) is 7.29. The summed E-state index contributed by atoms with van der Waals surface area (Å²) < 4.78 is 0. The maximum Gasteiger partial charge on any atom is 0.164 e. The summed E-state index contributed by atoms with van der Waals surface area (Å²) in [5, 5.41) is 4.85. The van der Waals surface area contributed by atoms with Crippen LogP contribution < -0.4 is 10.2 Å². The number of nitrogens with zero attached hydrogens (tertiary/aromatic N) is 3. The number of hydrogen-bond acceptors (Lipinski definition) is 5. The normalized spacial score (nSPS) is 20.0. The molecular weight excluding hydrogens is 342 g/mol. The predicted octanol–water partition coefficient (Wildman–Crippen LogP) is 2.85. The Bertz CT molecular complexity index is 905. The maximum atomic E-state index is 4.89. The summed E-state index contributed by atoms with van der Waals surface area (Å²) >= 11 is 1.75. The molecule has 1 fully saturated rings. The highest BCUT2D eigenvalue weighted by Gasteiger charge is 2.27. The average Bonchev–Trinajstić information content (AvgIpc) is 3.24. The number of hydrogen-bond donors (Lipinski definition) is 2. The Kier molecular flexibility index (Phi) is 4.87. The van der Waals surface area contributed by atoms with Crippen LogP contribution in [0, 0.1) is 13.8 Å². The molecule has 1 aliphatic heterocycles. The largest absolute Gasteiger partial charge is 0.363 e. The zero-order chi connectivity index (χ0) is 18.1. The third-order valence-corrected chi connectivity index (χ3v) is 6.65. The molecule has 0 saturated carbocycles. The summed E-state index contributed by atoms with van der Waals surface area (Å²) in [6.07, 6.45) is 6.23. The van der Waals surface area contributed by atoms with Gasteiger partial charge in [0.05, 0.1) is 25.0 Å². The lowest BCUT2D eigenvalue weighted by Gasteiger charge is -2.20. The summed E-state index contributed by atoms with van der Waals surface area (Å²) in [5.74, 6) is 1.72. The first-order valence-corrected chi connectivity index (χ1v) is 10.3. The Hall–Kier alpha value is -2.05. The van der Waals surface area contributed by atoms with Crippen molar-refractivity contribution in [3.05, 3.63) is 35.0 Å². The van der Waals surface area contributed by atoms with Crippen LogP contribution in [0.4, 0.5) is 5.82 Å². The van der Waals surface area contributed by atoms with E-state index in [1.807, 2.05) is 18.3 Å². The minimum Gasteiger partial charge on any atom is -0.363 e. The van der Waals surface area contributed by atoms with E-state index in [-0.39, 0.29) is 0 Å². The minimum absolute atomic E-state index is 0.673. The first-order chi connectivity index (χ1) is 12.7. The van der Waals surface area contributed by atoms with Crippen molar-refractivity contribution in [1.82, 2.24) is 15.0 Å². The summed E-state index contributed by atoms with van der Waals surface area (Å²) in [7, 11) is 0. The molecule has 0 aliphatic carbocycles. The van der Waals surface area contributed by atoms with Crippen molar-refractivity contribution in [1.29, 1.82) is 0 Å². The number of aryl methyl sites for hydroxylation is 2. The number of likely N-dealkylation sites (N-methyl/N-ethyl adjacent to an activating group) is 1. The van der Waals surface area contributed by atoms with Crippen LogP contribution >= 0.6 is 11.3 Å². The highest BCUT2D eigenvalue weighted by atomic mass is 32.1. The summed E-state index contributed by atoms with van der Waals surface area (Å²) in [6.45, 7) is 10.1. The third kappa shape index (κ3) is 3.19. The molecular formula is C20H26N5S+. The van der Waals surface area contributed by atoms with Gasteiger partial charge in [0.2, 0.25) is 0 Å². The van der Waals surface area contributed by atoms with Crippen LogP contribution in [0.5, 0.6) is 0 Å². The van der Waals surface area contributed by atoms with Gasteiger partial charge < -0.3 is 10.2 Å². The van der Waals surface area contributed by atoms with E-state index in [2.05, 4.69) is 31.1 Å². The topological polar surface area (TPSA) is 55.1 Å². The van der Waals surface area contributed by atoms with E-state index in [4.69, 9.17) is 9.97 Å².